The van der Waals surface area contributed by atoms with Crippen LogP contribution in [0.3, 0.4) is 0 Å². The van der Waals surface area contributed by atoms with Crippen molar-refractivity contribution in [3.63, 3.8) is 0 Å². The summed E-state index contributed by atoms with van der Waals surface area (Å²) in [5.74, 6) is -1.99. The van der Waals surface area contributed by atoms with Crippen molar-refractivity contribution >= 4 is 22.9 Å². The predicted octanol–water partition coefficient (Wildman–Crippen LogP) is 2.67. The largest absolute Gasteiger partial charge is 0.370 e. The second-order valence-electron chi connectivity index (χ2n) is 6.06. The minimum atomic E-state index is -0.736. The number of carbonyl (C=O) groups excluding carboxylic acids is 1. The van der Waals surface area contributed by atoms with Gasteiger partial charge in [0.1, 0.15) is 11.3 Å². The van der Waals surface area contributed by atoms with Crippen LogP contribution in [0.5, 0.6) is 0 Å². The molecule has 0 amide bonds. The Balaban J connectivity index is 1.76. The van der Waals surface area contributed by atoms with Crippen molar-refractivity contribution < 1.29 is 23.0 Å². The van der Waals surface area contributed by atoms with Crippen molar-refractivity contribution in [2.45, 2.75) is 18.6 Å². The summed E-state index contributed by atoms with van der Waals surface area (Å²) in [6.07, 6.45) is 3.26. The van der Waals surface area contributed by atoms with Crippen LogP contribution in [0.4, 0.5) is 14.5 Å². The molecule has 1 spiro atoms. The summed E-state index contributed by atoms with van der Waals surface area (Å²) in [4.78, 5) is 17.3. The van der Waals surface area contributed by atoms with Gasteiger partial charge in [0.2, 0.25) is 0 Å². The maximum absolute atomic E-state index is 14.0. The van der Waals surface area contributed by atoms with E-state index in [4.69, 9.17) is 9.47 Å². The van der Waals surface area contributed by atoms with Crippen LogP contribution in [0.2, 0.25) is 0 Å². The molecular formula is C17H16F2N2O3. The molecule has 0 atom stereocenters. The summed E-state index contributed by atoms with van der Waals surface area (Å²) in [7, 11) is 0. The van der Waals surface area contributed by atoms with Gasteiger partial charge in [-0.2, -0.15) is 0 Å². The Bertz CT molecular complexity index is 796. The Morgan fingerprint density at radius 3 is 2.54 bits per heavy atom. The molecule has 24 heavy (non-hydrogen) atoms. The third kappa shape index (κ3) is 2.44. The maximum atomic E-state index is 14.0. The summed E-state index contributed by atoms with van der Waals surface area (Å²) in [6.45, 7) is 2.29. The minimum absolute atomic E-state index is 0.0608. The summed E-state index contributed by atoms with van der Waals surface area (Å²) in [5.41, 5.74) is 0.892. The number of hydrogen-bond acceptors (Lipinski definition) is 5. The van der Waals surface area contributed by atoms with Crippen LogP contribution < -0.4 is 4.90 Å². The fourth-order valence-corrected chi connectivity index (χ4v) is 3.52. The quantitative estimate of drug-likeness (QED) is 0.791. The average molecular weight is 334 g/mol. The van der Waals surface area contributed by atoms with E-state index in [1.54, 1.807) is 0 Å². The van der Waals surface area contributed by atoms with Crippen LogP contribution in [-0.4, -0.2) is 43.4 Å². The molecule has 2 aliphatic heterocycles. The number of pyridine rings is 1. The molecule has 126 valence electrons. The highest BCUT2D eigenvalue weighted by Gasteiger charge is 2.40. The zero-order valence-corrected chi connectivity index (χ0v) is 12.9. The predicted molar refractivity (Wildman–Crippen MR) is 83.1 cm³/mol. The van der Waals surface area contributed by atoms with Gasteiger partial charge < -0.3 is 14.4 Å². The number of piperidine rings is 1. The molecule has 5 nitrogen and oxygen atoms in total. The fourth-order valence-electron chi connectivity index (χ4n) is 3.52. The highest BCUT2D eigenvalue weighted by atomic mass is 19.1. The van der Waals surface area contributed by atoms with Gasteiger partial charge in [-0.15, -0.1) is 0 Å². The maximum Gasteiger partial charge on any atom is 0.171 e. The van der Waals surface area contributed by atoms with Crippen LogP contribution in [0.15, 0.2) is 18.3 Å². The van der Waals surface area contributed by atoms with E-state index in [1.165, 1.54) is 12.3 Å². The number of carbonyl (C=O) groups is 1. The summed E-state index contributed by atoms with van der Waals surface area (Å²) in [5, 5.41) is 0.307. The van der Waals surface area contributed by atoms with Crippen molar-refractivity contribution in [3.05, 3.63) is 35.5 Å². The first-order valence-corrected chi connectivity index (χ1v) is 7.88. The lowest BCUT2D eigenvalue weighted by Gasteiger charge is -2.39. The van der Waals surface area contributed by atoms with Gasteiger partial charge in [-0.1, -0.05) is 0 Å². The van der Waals surface area contributed by atoms with Crippen molar-refractivity contribution in [2.75, 3.05) is 31.2 Å². The normalized spacial score (nSPS) is 20.0. The van der Waals surface area contributed by atoms with Crippen LogP contribution in [0, 0.1) is 11.6 Å². The summed E-state index contributed by atoms with van der Waals surface area (Å²) < 4.78 is 39.1. The molecule has 0 radical (unpaired) electrons. The van der Waals surface area contributed by atoms with Gasteiger partial charge in [0, 0.05) is 43.6 Å². The second-order valence-corrected chi connectivity index (χ2v) is 6.06. The van der Waals surface area contributed by atoms with E-state index < -0.39 is 17.4 Å². The number of benzene rings is 1. The number of rotatable bonds is 2. The summed E-state index contributed by atoms with van der Waals surface area (Å²) >= 11 is 0. The Morgan fingerprint density at radius 2 is 1.88 bits per heavy atom. The molecule has 2 saturated heterocycles. The van der Waals surface area contributed by atoms with Gasteiger partial charge in [0.15, 0.2) is 17.9 Å². The first kappa shape index (κ1) is 15.4. The van der Waals surface area contributed by atoms with Gasteiger partial charge in [0.25, 0.3) is 0 Å². The molecule has 7 heteroatoms. The van der Waals surface area contributed by atoms with Gasteiger partial charge in [-0.05, 0) is 6.07 Å². The number of aromatic nitrogens is 1. The molecule has 0 N–H and O–H groups in total. The Labute approximate surface area is 137 Å². The SMILES string of the molecule is O=Cc1cnc2c(F)cc(F)cc2c1N1CCC2(CC1)OCCO2. The van der Waals surface area contributed by atoms with Crippen molar-refractivity contribution in [3.8, 4) is 0 Å². The molecule has 2 fully saturated rings. The third-order valence-corrected chi connectivity index (χ3v) is 4.67. The van der Waals surface area contributed by atoms with E-state index >= 15 is 0 Å². The van der Waals surface area contributed by atoms with E-state index in [9.17, 15) is 13.6 Å². The highest BCUT2D eigenvalue weighted by Crippen LogP contribution is 2.37. The topological polar surface area (TPSA) is 51.7 Å². The average Bonchev–Trinajstić information content (AvgIpc) is 3.03. The van der Waals surface area contributed by atoms with E-state index in [2.05, 4.69) is 4.98 Å². The molecule has 0 bridgehead atoms. The highest BCUT2D eigenvalue weighted by molar-refractivity contribution is 6.00. The third-order valence-electron chi connectivity index (χ3n) is 4.67. The van der Waals surface area contributed by atoms with E-state index in [0.29, 0.717) is 62.1 Å². The molecule has 2 aliphatic rings. The number of ether oxygens (including phenoxy) is 2. The first-order valence-electron chi connectivity index (χ1n) is 7.88. The fraction of sp³-hybridized carbons (Fsp3) is 0.412. The van der Waals surface area contributed by atoms with Crippen LogP contribution in [0.25, 0.3) is 10.9 Å². The molecule has 1 aromatic heterocycles. The van der Waals surface area contributed by atoms with Gasteiger partial charge >= 0.3 is 0 Å². The van der Waals surface area contributed by atoms with Crippen molar-refractivity contribution in [2.24, 2.45) is 0 Å². The smallest absolute Gasteiger partial charge is 0.171 e. The van der Waals surface area contributed by atoms with Crippen LogP contribution in [-0.2, 0) is 9.47 Å². The lowest BCUT2D eigenvalue weighted by molar-refractivity contribution is -0.169. The Morgan fingerprint density at radius 1 is 1.17 bits per heavy atom. The molecule has 2 aromatic rings. The molecular weight excluding hydrogens is 318 g/mol. The lowest BCUT2D eigenvalue weighted by atomic mass is 10.0. The minimum Gasteiger partial charge on any atom is -0.370 e. The molecule has 1 aromatic carbocycles. The van der Waals surface area contributed by atoms with Gasteiger partial charge in [-0.25, -0.2) is 8.78 Å². The van der Waals surface area contributed by atoms with E-state index in [-0.39, 0.29) is 5.52 Å². The van der Waals surface area contributed by atoms with E-state index in [1.807, 2.05) is 4.90 Å². The number of aldehydes is 1. The number of hydrogen-bond donors (Lipinski definition) is 0. The lowest BCUT2D eigenvalue weighted by Crippen LogP contribution is -2.45. The number of anilines is 1. The number of halogens is 2. The molecule has 0 aliphatic carbocycles. The molecule has 3 heterocycles. The monoisotopic (exact) mass is 334 g/mol. The first-order chi connectivity index (χ1) is 11.6. The van der Waals surface area contributed by atoms with Gasteiger partial charge in [0.05, 0.1) is 24.5 Å². The second kappa shape index (κ2) is 5.75. The molecule has 4 rings (SSSR count). The van der Waals surface area contributed by atoms with Crippen LogP contribution >= 0.6 is 0 Å². The Kier molecular flexibility index (Phi) is 3.69. The molecule has 0 saturated carbocycles. The molecule has 0 unspecified atom stereocenters. The van der Waals surface area contributed by atoms with Crippen molar-refractivity contribution in [1.82, 2.24) is 4.98 Å². The Hall–Kier alpha value is -2.12. The van der Waals surface area contributed by atoms with Gasteiger partial charge in [-0.3, -0.25) is 9.78 Å². The zero-order valence-electron chi connectivity index (χ0n) is 12.9. The van der Waals surface area contributed by atoms with E-state index in [0.717, 1.165) is 6.07 Å². The zero-order chi connectivity index (χ0) is 16.7. The standard InChI is InChI=1S/C17H16F2N2O3/c18-12-7-13-15(14(19)8-12)20-9-11(10-22)16(13)21-3-1-17(2-4-21)23-5-6-24-17/h7-10H,1-6H2. The number of fused-ring (bicyclic) bond motifs is 1. The van der Waals surface area contributed by atoms with Crippen LogP contribution in [0.1, 0.15) is 23.2 Å². The number of nitrogens with zero attached hydrogens (tertiary/aromatic N) is 2. The van der Waals surface area contributed by atoms with Crippen molar-refractivity contribution in [1.29, 1.82) is 0 Å². The summed E-state index contributed by atoms with van der Waals surface area (Å²) in [6, 6.07) is 2.02.